The predicted octanol–water partition coefficient (Wildman–Crippen LogP) is 1.95. The average molecular weight is 290 g/mol. The molecule has 1 atom stereocenters. The molecule has 0 saturated heterocycles. The zero-order chi connectivity index (χ0) is 15.4. The van der Waals surface area contributed by atoms with Crippen LogP contribution >= 0.6 is 0 Å². The molecule has 1 aromatic carbocycles. The molecule has 1 heterocycles. The highest BCUT2D eigenvalue weighted by Gasteiger charge is 2.28. The number of amides is 2. The van der Waals surface area contributed by atoms with Crippen LogP contribution in [0.2, 0.25) is 0 Å². The van der Waals surface area contributed by atoms with E-state index in [1.165, 1.54) is 12.7 Å². The summed E-state index contributed by atoms with van der Waals surface area (Å²) < 4.78 is 4.75. The Morgan fingerprint density at radius 1 is 1.24 bits per heavy atom. The maximum Gasteiger partial charge on any atom is 0.328 e. The van der Waals surface area contributed by atoms with Crippen molar-refractivity contribution in [2.45, 2.75) is 32.9 Å². The van der Waals surface area contributed by atoms with Gasteiger partial charge >= 0.3 is 12.0 Å². The second-order valence-corrected chi connectivity index (χ2v) is 5.63. The number of nitrogens with zero attached hydrogens (tertiary/aromatic N) is 1. The van der Waals surface area contributed by atoms with Crippen molar-refractivity contribution in [3.63, 3.8) is 0 Å². The Hall–Kier alpha value is -2.04. The van der Waals surface area contributed by atoms with Gasteiger partial charge in [0.2, 0.25) is 0 Å². The molecule has 0 aromatic heterocycles. The van der Waals surface area contributed by atoms with E-state index < -0.39 is 12.0 Å². The lowest BCUT2D eigenvalue weighted by molar-refractivity contribution is -0.144. The Kier molecular flexibility index (Phi) is 4.83. The third-order valence-corrected chi connectivity index (χ3v) is 3.82. The summed E-state index contributed by atoms with van der Waals surface area (Å²) in [5.74, 6) is -0.422. The first kappa shape index (κ1) is 15.4. The standard InChI is InChI=1S/C16H22N2O3/c1-11(2)14(15(19)21-3)17-16(20)18-9-8-12-6-4-5-7-13(12)10-18/h4-7,11,14H,8-10H2,1-3H3,(H,17,20)/t14-/m1/s1. The third kappa shape index (κ3) is 3.54. The van der Waals surface area contributed by atoms with Gasteiger partial charge in [-0.2, -0.15) is 0 Å². The lowest BCUT2D eigenvalue weighted by atomic mass is 10.00. The first-order valence-corrected chi connectivity index (χ1v) is 7.23. The number of carbonyl (C=O) groups is 2. The summed E-state index contributed by atoms with van der Waals surface area (Å²) in [4.78, 5) is 25.8. The largest absolute Gasteiger partial charge is 0.467 e. The van der Waals surface area contributed by atoms with E-state index in [4.69, 9.17) is 4.74 Å². The molecule has 0 unspecified atom stereocenters. The number of carbonyl (C=O) groups excluding carboxylic acids is 2. The molecule has 0 spiro atoms. The molecule has 21 heavy (non-hydrogen) atoms. The smallest absolute Gasteiger partial charge is 0.328 e. The number of hydrogen-bond acceptors (Lipinski definition) is 3. The highest BCUT2D eigenvalue weighted by atomic mass is 16.5. The summed E-state index contributed by atoms with van der Waals surface area (Å²) in [5.41, 5.74) is 2.45. The third-order valence-electron chi connectivity index (χ3n) is 3.82. The van der Waals surface area contributed by atoms with Crippen molar-refractivity contribution in [1.82, 2.24) is 10.2 Å². The Morgan fingerprint density at radius 2 is 1.90 bits per heavy atom. The maximum atomic E-state index is 12.4. The highest BCUT2D eigenvalue weighted by Crippen LogP contribution is 2.18. The van der Waals surface area contributed by atoms with Gasteiger partial charge in [-0.15, -0.1) is 0 Å². The summed E-state index contributed by atoms with van der Waals surface area (Å²) in [5, 5.41) is 2.78. The summed E-state index contributed by atoms with van der Waals surface area (Å²) in [7, 11) is 1.33. The molecular formula is C16H22N2O3. The van der Waals surface area contributed by atoms with Crippen molar-refractivity contribution in [1.29, 1.82) is 0 Å². The van der Waals surface area contributed by atoms with E-state index in [1.807, 2.05) is 32.0 Å². The lowest BCUT2D eigenvalue weighted by Gasteiger charge is -2.31. The van der Waals surface area contributed by atoms with Gasteiger partial charge in [0, 0.05) is 13.1 Å². The van der Waals surface area contributed by atoms with E-state index in [-0.39, 0.29) is 11.9 Å². The Balaban J connectivity index is 2.03. The maximum absolute atomic E-state index is 12.4. The fourth-order valence-corrected chi connectivity index (χ4v) is 2.52. The molecule has 1 N–H and O–H groups in total. The molecule has 0 aliphatic carbocycles. The molecule has 2 amide bonds. The second kappa shape index (κ2) is 6.61. The Morgan fingerprint density at radius 3 is 2.52 bits per heavy atom. The van der Waals surface area contributed by atoms with Crippen molar-refractivity contribution < 1.29 is 14.3 Å². The van der Waals surface area contributed by atoms with Crippen LogP contribution in [0, 0.1) is 5.92 Å². The molecule has 0 saturated carbocycles. The molecule has 5 heteroatoms. The van der Waals surface area contributed by atoms with Gasteiger partial charge in [-0.25, -0.2) is 9.59 Å². The minimum absolute atomic E-state index is 0.0153. The van der Waals surface area contributed by atoms with Crippen molar-refractivity contribution in [2.75, 3.05) is 13.7 Å². The molecule has 2 rings (SSSR count). The number of methoxy groups -OCH3 is 1. The quantitative estimate of drug-likeness (QED) is 0.866. The average Bonchev–Trinajstić information content (AvgIpc) is 2.50. The first-order chi connectivity index (χ1) is 10.0. The number of nitrogens with one attached hydrogen (secondary N) is 1. The minimum Gasteiger partial charge on any atom is -0.467 e. The Labute approximate surface area is 125 Å². The molecule has 114 valence electrons. The van der Waals surface area contributed by atoms with Crippen LogP contribution in [0.25, 0.3) is 0 Å². The number of benzene rings is 1. The van der Waals surface area contributed by atoms with Gasteiger partial charge in [0.15, 0.2) is 0 Å². The van der Waals surface area contributed by atoms with E-state index >= 15 is 0 Å². The van der Waals surface area contributed by atoms with Crippen LogP contribution in [-0.4, -0.2) is 36.6 Å². The number of fused-ring (bicyclic) bond motifs is 1. The van der Waals surface area contributed by atoms with E-state index in [0.29, 0.717) is 13.1 Å². The van der Waals surface area contributed by atoms with E-state index in [9.17, 15) is 9.59 Å². The van der Waals surface area contributed by atoms with Gasteiger partial charge in [0.25, 0.3) is 0 Å². The van der Waals surface area contributed by atoms with Crippen molar-refractivity contribution in [2.24, 2.45) is 5.92 Å². The van der Waals surface area contributed by atoms with Crippen LogP contribution in [0.5, 0.6) is 0 Å². The monoisotopic (exact) mass is 290 g/mol. The van der Waals surface area contributed by atoms with Gasteiger partial charge < -0.3 is 15.0 Å². The zero-order valence-corrected chi connectivity index (χ0v) is 12.8. The molecule has 0 fully saturated rings. The second-order valence-electron chi connectivity index (χ2n) is 5.63. The molecule has 0 radical (unpaired) electrons. The summed E-state index contributed by atoms with van der Waals surface area (Å²) in [6.45, 7) is 5.00. The fraction of sp³-hybridized carbons (Fsp3) is 0.500. The molecule has 0 bridgehead atoms. The van der Waals surface area contributed by atoms with Gasteiger partial charge in [0.05, 0.1) is 7.11 Å². The zero-order valence-electron chi connectivity index (χ0n) is 12.8. The fourth-order valence-electron chi connectivity index (χ4n) is 2.52. The van der Waals surface area contributed by atoms with E-state index in [2.05, 4.69) is 11.4 Å². The van der Waals surface area contributed by atoms with Gasteiger partial charge in [0.1, 0.15) is 6.04 Å². The van der Waals surface area contributed by atoms with Crippen LogP contribution in [0.3, 0.4) is 0 Å². The van der Waals surface area contributed by atoms with Gasteiger partial charge in [-0.1, -0.05) is 38.1 Å². The van der Waals surface area contributed by atoms with Gasteiger partial charge in [-0.05, 0) is 23.5 Å². The number of rotatable bonds is 3. The van der Waals surface area contributed by atoms with Crippen LogP contribution in [0.4, 0.5) is 4.79 Å². The molecule has 1 aliphatic heterocycles. The van der Waals surface area contributed by atoms with Crippen molar-refractivity contribution in [3.8, 4) is 0 Å². The normalized spacial score (nSPS) is 15.3. The summed E-state index contributed by atoms with van der Waals surface area (Å²) in [6.07, 6.45) is 0.841. The van der Waals surface area contributed by atoms with E-state index in [0.717, 1.165) is 12.0 Å². The summed E-state index contributed by atoms with van der Waals surface area (Å²) >= 11 is 0. The highest BCUT2D eigenvalue weighted by molar-refractivity contribution is 5.83. The van der Waals surface area contributed by atoms with Crippen molar-refractivity contribution in [3.05, 3.63) is 35.4 Å². The topological polar surface area (TPSA) is 58.6 Å². The van der Waals surface area contributed by atoms with Crippen molar-refractivity contribution >= 4 is 12.0 Å². The Bertz CT molecular complexity index is 528. The molecule has 1 aliphatic rings. The molecule has 1 aromatic rings. The van der Waals surface area contributed by atoms with Crippen LogP contribution in [0.15, 0.2) is 24.3 Å². The predicted molar refractivity (Wildman–Crippen MR) is 79.7 cm³/mol. The van der Waals surface area contributed by atoms with Crippen LogP contribution in [0.1, 0.15) is 25.0 Å². The number of hydrogen-bond donors (Lipinski definition) is 1. The first-order valence-electron chi connectivity index (χ1n) is 7.23. The molecule has 5 nitrogen and oxygen atoms in total. The minimum atomic E-state index is -0.611. The number of ether oxygens (including phenoxy) is 1. The number of esters is 1. The number of urea groups is 1. The van der Waals surface area contributed by atoms with E-state index in [1.54, 1.807) is 4.90 Å². The summed E-state index contributed by atoms with van der Waals surface area (Å²) in [6, 6.07) is 7.30. The SMILES string of the molecule is COC(=O)[C@H](NC(=O)N1CCc2ccccc2C1)C(C)C. The van der Waals surface area contributed by atoms with Gasteiger partial charge in [-0.3, -0.25) is 0 Å². The molecular weight excluding hydrogens is 268 g/mol. The lowest BCUT2D eigenvalue weighted by Crippen LogP contribution is -2.51. The van der Waals surface area contributed by atoms with Crippen LogP contribution in [-0.2, 0) is 22.5 Å². The van der Waals surface area contributed by atoms with Crippen LogP contribution < -0.4 is 5.32 Å².